The molecule has 0 bridgehead atoms. The van der Waals surface area contributed by atoms with Crippen LogP contribution in [0.3, 0.4) is 0 Å². The number of rotatable bonds is 2. The summed E-state index contributed by atoms with van der Waals surface area (Å²) >= 11 is 9.28. The van der Waals surface area contributed by atoms with Crippen LogP contribution in [-0.2, 0) is 0 Å². The minimum atomic E-state index is -0.214. The van der Waals surface area contributed by atoms with E-state index in [1.54, 1.807) is 24.4 Å². The van der Waals surface area contributed by atoms with Crippen molar-refractivity contribution in [2.75, 3.05) is 5.32 Å². The van der Waals surface area contributed by atoms with Crippen LogP contribution in [0.15, 0.2) is 41.1 Å². The Labute approximate surface area is 118 Å². The summed E-state index contributed by atoms with van der Waals surface area (Å²) in [5.41, 5.74) is 2.08. The van der Waals surface area contributed by atoms with Crippen molar-refractivity contribution < 1.29 is 4.79 Å². The Morgan fingerprint density at radius 1 is 1.39 bits per heavy atom. The number of hydrogen-bond acceptors (Lipinski definition) is 2. The van der Waals surface area contributed by atoms with Gasteiger partial charge in [0.2, 0.25) is 0 Å². The number of halogens is 2. The first-order chi connectivity index (χ1) is 8.58. The molecule has 0 atom stereocenters. The maximum atomic E-state index is 12.1. The molecule has 1 N–H and O–H groups in total. The van der Waals surface area contributed by atoms with Gasteiger partial charge in [-0.15, -0.1) is 0 Å². The SMILES string of the molecule is Cc1cccc(Cl)c1NC(=O)c1ccnc(Br)c1. The number of carbonyl (C=O) groups excluding carboxylic acids is 1. The minimum Gasteiger partial charge on any atom is -0.320 e. The monoisotopic (exact) mass is 324 g/mol. The topological polar surface area (TPSA) is 42.0 Å². The smallest absolute Gasteiger partial charge is 0.255 e. The molecule has 1 amide bonds. The second-order valence-corrected chi connectivity index (χ2v) is 4.97. The first kappa shape index (κ1) is 13.1. The van der Waals surface area contributed by atoms with Crippen molar-refractivity contribution in [3.8, 4) is 0 Å². The van der Waals surface area contributed by atoms with Crippen molar-refractivity contribution in [3.05, 3.63) is 57.3 Å². The molecular formula is C13H10BrClN2O. The number of para-hydroxylation sites is 1. The maximum absolute atomic E-state index is 12.1. The van der Waals surface area contributed by atoms with E-state index in [0.29, 0.717) is 20.9 Å². The highest BCUT2D eigenvalue weighted by Crippen LogP contribution is 2.25. The highest BCUT2D eigenvalue weighted by Gasteiger charge is 2.10. The van der Waals surface area contributed by atoms with Crippen molar-refractivity contribution >= 4 is 39.1 Å². The fraction of sp³-hybridized carbons (Fsp3) is 0.0769. The van der Waals surface area contributed by atoms with Gasteiger partial charge < -0.3 is 5.32 Å². The standard InChI is InChI=1S/C13H10BrClN2O/c1-8-3-2-4-10(15)12(8)17-13(18)9-5-6-16-11(14)7-9/h2-7H,1H3,(H,17,18). The van der Waals surface area contributed by atoms with Gasteiger partial charge in [-0.1, -0.05) is 23.7 Å². The van der Waals surface area contributed by atoms with E-state index >= 15 is 0 Å². The van der Waals surface area contributed by atoms with Gasteiger partial charge in [0.05, 0.1) is 10.7 Å². The van der Waals surface area contributed by atoms with E-state index in [1.807, 2.05) is 19.1 Å². The second kappa shape index (κ2) is 5.50. The van der Waals surface area contributed by atoms with Gasteiger partial charge in [0.15, 0.2) is 0 Å². The highest BCUT2D eigenvalue weighted by molar-refractivity contribution is 9.10. The Morgan fingerprint density at radius 3 is 2.83 bits per heavy atom. The van der Waals surface area contributed by atoms with Crippen molar-refractivity contribution in [1.29, 1.82) is 0 Å². The predicted molar refractivity (Wildman–Crippen MR) is 76.1 cm³/mol. The lowest BCUT2D eigenvalue weighted by atomic mass is 10.2. The molecule has 1 heterocycles. The van der Waals surface area contributed by atoms with E-state index in [2.05, 4.69) is 26.2 Å². The molecule has 0 fully saturated rings. The van der Waals surface area contributed by atoms with E-state index in [9.17, 15) is 4.79 Å². The first-order valence-electron chi connectivity index (χ1n) is 5.26. The average Bonchev–Trinajstić information content (AvgIpc) is 2.34. The van der Waals surface area contributed by atoms with Gasteiger partial charge in [0, 0.05) is 11.8 Å². The van der Waals surface area contributed by atoms with Gasteiger partial charge in [-0.2, -0.15) is 0 Å². The van der Waals surface area contributed by atoms with E-state index < -0.39 is 0 Å². The summed E-state index contributed by atoms with van der Waals surface area (Å²) in [6.07, 6.45) is 1.57. The molecule has 0 spiro atoms. The number of amides is 1. The summed E-state index contributed by atoms with van der Waals surface area (Å²) in [6.45, 7) is 1.89. The molecule has 0 aliphatic rings. The predicted octanol–water partition coefficient (Wildman–Crippen LogP) is 4.06. The Morgan fingerprint density at radius 2 is 2.17 bits per heavy atom. The normalized spacial score (nSPS) is 10.2. The third-order valence-corrected chi connectivity index (χ3v) is 3.20. The quantitative estimate of drug-likeness (QED) is 0.846. The zero-order valence-corrected chi connectivity index (χ0v) is 11.9. The Balaban J connectivity index is 2.27. The van der Waals surface area contributed by atoms with Gasteiger partial charge in [0.1, 0.15) is 4.60 Å². The lowest BCUT2D eigenvalue weighted by molar-refractivity contribution is 0.102. The summed E-state index contributed by atoms with van der Waals surface area (Å²) in [7, 11) is 0. The molecular weight excluding hydrogens is 316 g/mol. The van der Waals surface area contributed by atoms with E-state index in [-0.39, 0.29) is 5.91 Å². The van der Waals surface area contributed by atoms with Crippen LogP contribution < -0.4 is 5.32 Å². The minimum absolute atomic E-state index is 0.214. The summed E-state index contributed by atoms with van der Waals surface area (Å²) in [6, 6.07) is 8.78. The summed E-state index contributed by atoms with van der Waals surface area (Å²) in [4.78, 5) is 16.0. The van der Waals surface area contributed by atoms with Crippen molar-refractivity contribution in [3.63, 3.8) is 0 Å². The van der Waals surface area contributed by atoms with E-state index in [1.165, 1.54) is 0 Å². The van der Waals surface area contributed by atoms with Crippen LogP contribution in [0.5, 0.6) is 0 Å². The zero-order valence-electron chi connectivity index (χ0n) is 9.58. The molecule has 2 aromatic rings. The number of pyridine rings is 1. The lowest BCUT2D eigenvalue weighted by Crippen LogP contribution is -2.13. The molecule has 0 unspecified atom stereocenters. The molecule has 92 valence electrons. The summed E-state index contributed by atoms with van der Waals surface area (Å²) in [5, 5.41) is 3.33. The number of aryl methyl sites for hydroxylation is 1. The Bertz CT molecular complexity index is 581. The maximum Gasteiger partial charge on any atom is 0.255 e. The molecule has 0 aliphatic heterocycles. The molecule has 18 heavy (non-hydrogen) atoms. The molecule has 0 aliphatic carbocycles. The van der Waals surface area contributed by atoms with Gasteiger partial charge in [-0.3, -0.25) is 4.79 Å². The number of nitrogens with zero attached hydrogens (tertiary/aromatic N) is 1. The average molecular weight is 326 g/mol. The molecule has 2 rings (SSSR count). The summed E-state index contributed by atoms with van der Waals surface area (Å²) < 4.78 is 0.617. The molecule has 0 saturated heterocycles. The third kappa shape index (κ3) is 2.89. The van der Waals surface area contributed by atoms with Crippen LogP contribution in [0, 0.1) is 6.92 Å². The highest BCUT2D eigenvalue weighted by atomic mass is 79.9. The molecule has 1 aromatic carbocycles. The van der Waals surface area contributed by atoms with Crippen molar-refractivity contribution in [2.24, 2.45) is 0 Å². The third-order valence-electron chi connectivity index (χ3n) is 2.45. The van der Waals surface area contributed by atoms with Crippen LogP contribution in [0.1, 0.15) is 15.9 Å². The zero-order chi connectivity index (χ0) is 13.1. The summed E-state index contributed by atoms with van der Waals surface area (Å²) in [5.74, 6) is -0.214. The number of hydrogen-bond donors (Lipinski definition) is 1. The second-order valence-electron chi connectivity index (χ2n) is 3.75. The van der Waals surface area contributed by atoms with Crippen LogP contribution in [0.2, 0.25) is 5.02 Å². The van der Waals surface area contributed by atoms with Gasteiger partial charge >= 0.3 is 0 Å². The van der Waals surface area contributed by atoms with Crippen LogP contribution >= 0.6 is 27.5 Å². The number of aromatic nitrogens is 1. The number of carbonyl (C=O) groups is 1. The van der Waals surface area contributed by atoms with E-state index in [4.69, 9.17) is 11.6 Å². The van der Waals surface area contributed by atoms with E-state index in [0.717, 1.165) is 5.56 Å². The number of anilines is 1. The molecule has 3 nitrogen and oxygen atoms in total. The first-order valence-corrected chi connectivity index (χ1v) is 6.43. The van der Waals surface area contributed by atoms with Crippen LogP contribution in [0.25, 0.3) is 0 Å². The largest absolute Gasteiger partial charge is 0.320 e. The van der Waals surface area contributed by atoms with Gasteiger partial charge in [-0.05, 0) is 46.6 Å². The van der Waals surface area contributed by atoms with Crippen molar-refractivity contribution in [2.45, 2.75) is 6.92 Å². The molecule has 1 aromatic heterocycles. The van der Waals surface area contributed by atoms with Gasteiger partial charge in [0.25, 0.3) is 5.91 Å². The Hall–Kier alpha value is -1.39. The molecule has 0 radical (unpaired) electrons. The Kier molecular flexibility index (Phi) is 3.99. The van der Waals surface area contributed by atoms with Gasteiger partial charge in [-0.25, -0.2) is 4.98 Å². The number of nitrogens with one attached hydrogen (secondary N) is 1. The fourth-order valence-electron chi connectivity index (χ4n) is 1.52. The van der Waals surface area contributed by atoms with Crippen LogP contribution in [0.4, 0.5) is 5.69 Å². The lowest BCUT2D eigenvalue weighted by Gasteiger charge is -2.10. The van der Waals surface area contributed by atoms with Crippen molar-refractivity contribution in [1.82, 2.24) is 4.98 Å². The molecule has 0 saturated carbocycles. The van der Waals surface area contributed by atoms with Crippen LogP contribution in [-0.4, -0.2) is 10.9 Å². The number of benzene rings is 1. The fourth-order valence-corrected chi connectivity index (χ4v) is 2.15. The molecule has 5 heteroatoms.